The fourth-order valence-corrected chi connectivity index (χ4v) is 4.00. The van der Waals surface area contributed by atoms with E-state index in [1.807, 2.05) is 31.2 Å². The van der Waals surface area contributed by atoms with E-state index in [9.17, 15) is 9.59 Å². The number of nitrogens with one attached hydrogen (secondary N) is 2. The Balaban J connectivity index is 1.37. The lowest BCUT2D eigenvalue weighted by Crippen LogP contribution is -2.17. The Morgan fingerprint density at radius 3 is 2.44 bits per heavy atom. The van der Waals surface area contributed by atoms with Gasteiger partial charge in [-0.2, -0.15) is 0 Å². The Labute approximate surface area is 208 Å². The van der Waals surface area contributed by atoms with Crippen LogP contribution < -0.4 is 20.1 Å². The van der Waals surface area contributed by atoms with E-state index in [4.69, 9.17) is 14.2 Å². The topological polar surface area (TPSA) is 98.8 Å². The predicted molar refractivity (Wildman–Crippen MR) is 137 cm³/mol. The van der Waals surface area contributed by atoms with E-state index in [2.05, 4.69) is 15.6 Å². The monoisotopic (exact) mass is 483 g/mol. The lowest BCUT2D eigenvalue weighted by atomic mass is 10.1. The number of aromatic nitrogens is 1. The van der Waals surface area contributed by atoms with Crippen molar-refractivity contribution in [3.05, 3.63) is 89.1 Å². The van der Waals surface area contributed by atoms with Crippen molar-refractivity contribution in [2.24, 2.45) is 0 Å². The summed E-state index contributed by atoms with van der Waals surface area (Å²) in [7, 11) is 1.58. The normalized spacial score (nSPS) is 12.3. The lowest BCUT2D eigenvalue weighted by Gasteiger charge is -2.19. The van der Waals surface area contributed by atoms with Crippen LogP contribution in [0.1, 0.15) is 32.0 Å². The van der Waals surface area contributed by atoms with Gasteiger partial charge in [0, 0.05) is 46.3 Å². The summed E-state index contributed by atoms with van der Waals surface area (Å²) in [6.45, 7) is 3.15. The van der Waals surface area contributed by atoms with Gasteiger partial charge in [-0.3, -0.25) is 14.6 Å². The van der Waals surface area contributed by atoms with E-state index in [-0.39, 0.29) is 11.8 Å². The molecule has 0 spiro atoms. The highest BCUT2D eigenvalue weighted by molar-refractivity contribution is 6.08. The molecular weight excluding hydrogens is 458 g/mol. The number of rotatable bonds is 6. The van der Waals surface area contributed by atoms with Gasteiger partial charge in [0.2, 0.25) is 0 Å². The minimum atomic E-state index is -0.305. The smallest absolute Gasteiger partial charge is 0.255 e. The number of nitrogens with zero attached hydrogens (tertiary/aromatic N) is 1. The van der Waals surface area contributed by atoms with Crippen LogP contribution in [0.4, 0.5) is 11.4 Å². The van der Waals surface area contributed by atoms with Crippen LogP contribution in [0.25, 0.3) is 10.9 Å². The molecule has 2 amide bonds. The molecule has 1 aliphatic rings. The number of ether oxygens (including phenoxy) is 3. The minimum absolute atomic E-state index is 0.273. The second kappa shape index (κ2) is 10.1. The van der Waals surface area contributed by atoms with Crippen LogP contribution >= 0.6 is 0 Å². The van der Waals surface area contributed by atoms with Crippen molar-refractivity contribution in [1.29, 1.82) is 0 Å². The molecule has 8 heteroatoms. The number of amides is 2. The molecule has 0 radical (unpaired) electrons. The molecule has 2 heterocycles. The quantitative estimate of drug-likeness (QED) is 0.402. The zero-order valence-electron chi connectivity index (χ0n) is 20.0. The maximum absolute atomic E-state index is 13.1. The number of hydrogen-bond acceptors (Lipinski definition) is 6. The molecule has 0 fully saturated rings. The Bertz CT molecular complexity index is 1470. The molecule has 0 bridgehead atoms. The molecule has 0 aliphatic carbocycles. The molecule has 1 aliphatic heterocycles. The summed E-state index contributed by atoms with van der Waals surface area (Å²) in [5.74, 6) is 0.579. The van der Waals surface area contributed by atoms with Crippen molar-refractivity contribution in [2.75, 3.05) is 31.0 Å². The van der Waals surface area contributed by atoms with E-state index in [1.54, 1.807) is 49.6 Å². The molecule has 5 rings (SSSR count). The number of benzene rings is 3. The van der Waals surface area contributed by atoms with Crippen molar-refractivity contribution in [3.63, 3.8) is 0 Å². The third-order valence-corrected chi connectivity index (χ3v) is 5.81. The average molecular weight is 484 g/mol. The Hall–Kier alpha value is -4.43. The number of fused-ring (bicyclic) bond motifs is 2. The number of carbonyl (C=O) groups excluding carboxylic acids is 2. The van der Waals surface area contributed by atoms with Crippen molar-refractivity contribution in [2.45, 2.75) is 13.5 Å². The molecule has 36 heavy (non-hydrogen) atoms. The predicted octanol–water partition coefficient (Wildman–Crippen LogP) is 4.97. The minimum Gasteiger partial charge on any atom is -0.486 e. The molecular formula is C28H25N3O5. The maximum atomic E-state index is 13.1. The van der Waals surface area contributed by atoms with E-state index < -0.39 is 0 Å². The number of aryl methyl sites for hydroxylation is 1. The van der Waals surface area contributed by atoms with Crippen LogP contribution in [-0.2, 0) is 11.3 Å². The number of carbonyl (C=O) groups is 2. The number of hydrogen-bond donors (Lipinski definition) is 2. The molecule has 2 N–H and O–H groups in total. The van der Waals surface area contributed by atoms with Crippen LogP contribution in [0.5, 0.6) is 11.5 Å². The Morgan fingerprint density at radius 2 is 1.61 bits per heavy atom. The van der Waals surface area contributed by atoms with Crippen molar-refractivity contribution in [1.82, 2.24) is 4.98 Å². The Morgan fingerprint density at radius 1 is 0.861 bits per heavy atom. The van der Waals surface area contributed by atoms with Crippen LogP contribution in [-0.4, -0.2) is 37.1 Å². The summed E-state index contributed by atoms with van der Waals surface area (Å²) in [6.07, 6.45) is 0. The van der Waals surface area contributed by atoms with Gasteiger partial charge >= 0.3 is 0 Å². The highest BCUT2D eigenvalue weighted by atomic mass is 16.6. The summed E-state index contributed by atoms with van der Waals surface area (Å²) in [5.41, 5.74) is 4.54. The van der Waals surface area contributed by atoms with Crippen LogP contribution in [0, 0.1) is 6.92 Å². The SMILES string of the molecule is COCc1ccc(NC(=O)c2ccc3c(c2)OCCO3)cc1NC(=O)c1ccc2nc(C)ccc2c1. The molecule has 182 valence electrons. The number of anilines is 2. The molecule has 0 atom stereocenters. The average Bonchev–Trinajstić information content (AvgIpc) is 2.89. The largest absolute Gasteiger partial charge is 0.486 e. The first-order chi connectivity index (χ1) is 17.5. The second-order valence-electron chi connectivity index (χ2n) is 8.43. The van der Waals surface area contributed by atoms with Gasteiger partial charge in [0.05, 0.1) is 12.1 Å². The number of methoxy groups -OCH3 is 1. The third-order valence-electron chi connectivity index (χ3n) is 5.81. The first-order valence-electron chi connectivity index (χ1n) is 11.5. The summed E-state index contributed by atoms with van der Waals surface area (Å²) in [6, 6.07) is 19.6. The highest BCUT2D eigenvalue weighted by Gasteiger charge is 2.16. The first-order valence-corrected chi connectivity index (χ1v) is 11.5. The first kappa shape index (κ1) is 23.3. The summed E-state index contributed by atoms with van der Waals surface area (Å²) < 4.78 is 16.4. The fourth-order valence-electron chi connectivity index (χ4n) is 4.00. The van der Waals surface area contributed by atoms with Gasteiger partial charge in [0.1, 0.15) is 13.2 Å². The third kappa shape index (κ3) is 4.99. The van der Waals surface area contributed by atoms with Crippen LogP contribution in [0.3, 0.4) is 0 Å². The van der Waals surface area contributed by atoms with Gasteiger partial charge in [-0.1, -0.05) is 12.1 Å². The van der Waals surface area contributed by atoms with Gasteiger partial charge in [-0.15, -0.1) is 0 Å². The Kier molecular flexibility index (Phi) is 6.51. The number of pyridine rings is 1. The van der Waals surface area contributed by atoms with Gasteiger partial charge in [-0.25, -0.2) is 0 Å². The summed E-state index contributed by atoms with van der Waals surface area (Å²) in [4.78, 5) is 30.5. The molecule has 4 aromatic rings. The van der Waals surface area contributed by atoms with Crippen LogP contribution in [0.15, 0.2) is 66.7 Å². The molecule has 0 saturated carbocycles. The van der Waals surface area contributed by atoms with Crippen molar-refractivity contribution >= 4 is 34.1 Å². The second-order valence-corrected chi connectivity index (χ2v) is 8.43. The molecule has 0 saturated heterocycles. The molecule has 0 unspecified atom stereocenters. The maximum Gasteiger partial charge on any atom is 0.255 e. The summed E-state index contributed by atoms with van der Waals surface area (Å²) in [5, 5.41) is 6.72. The lowest BCUT2D eigenvalue weighted by molar-refractivity contribution is 0.101. The molecule has 3 aromatic carbocycles. The van der Waals surface area contributed by atoms with Gasteiger partial charge in [-0.05, 0) is 61.5 Å². The van der Waals surface area contributed by atoms with Gasteiger partial charge in [0.15, 0.2) is 11.5 Å². The van der Waals surface area contributed by atoms with E-state index in [0.29, 0.717) is 53.8 Å². The van der Waals surface area contributed by atoms with E-state index in [0.717, 1.165) is 22.2 Å². The molecule has 1 aromatic heterocycles. The molecule has 8 nitrogen and oxygen atoms in total. The summed E-state index contributed by atoms with van der Waals surface area (Å²) >= 11 is 0. The van der Waals surface area contributed by atoms with E-state index in [1.165, 1.54) is 0 Å². The zero-order chi connectivity index (χ0) is 25.1. The standard InChI is InChI=1S/C28H25N3O5/c1-17-3-4-18-13-19(6-9-23(18)29-17)28(33)31-24-15-22(8-5-21(24)16-34-2)30-27(32)20-7-10-25-26(14-20)36-12-11-35-25/h3-10,13-15H,11-12,16H2,1-2H3,(H,30,32)(H,31,33). The van der Waals surface area contributed by atoms with Crippen molar-refractivity contribution < 1.29 is 23.8 Å². The van der Waals surface area contributed by atoms with Gasteiger partial charge < -0.3 is 24.8 Å². The van der Waals surface area contributed by atoms with Crippen molar-refractivity contribution in [3.8, 4) is 11.5 Å². The highest BCUT2D eigenvalue weighted by Crippen LogP contribution is 2.31. The zero-order valence-corrected chi connectivity index (χ0v) is 20.0. The van der Waals surface area contributed by atoms with Crippen LogP contribution in [0.2, 0.25) is 0 Å². The van der Waals surface area contributed by atoms with E-state index >= 15 is 0 Å². The van der Waals surface area contributed by atoms with Gasteiger partial charge in [0.25, 0.3) is 11.8 Å². The fraction of sp³-hybridized carbons (Fsp3) is 0.179.